The van der Waals surface area contributed by atoms with Crippen molar-refractivity contribution in [3.63, 3.8) is 0 Å². The van der Waals surface area contributed by atoms with E-state index in [2.05, 4.69) is 69.2 Å². The van der Waals surface area contributed by atoms with Gasteiger partial charge in [0.2, 0.25) is 0 Å². The molecule has 0 bridgehead atoms. The van der Waals surface area contributed by atoms with Gasteiger partial charge in [0.1, 0.15) is 18.1 Å². The molecule has 0 aliphatic carbocycles. The fraction of sp³-hybridized carbons (Fsp3) is 0.290. The molecule has 3 rings (SSSR count). The van der Waals surface area contributed by atoms with E-state index < -0.39 is 0 Å². The average molecular weight is 621 g/mol. The predicted molar refractivity (Wildman–Crippen MR) is 186 cm³/mol. The van der Waals surface area contributed by atoms with Crippen LogP contribution in [0.3, 0.4) is 0 Å². The number of hydrogen-bond donors (Lipinski definition) is 5. The number of carbonyl (C=O) groups is 1. The van der Waals surface area contributed by atoms with Crippen LogP contribution in [0.25, 0.3) is 6.08 Å². The van der Waals surface area contributed by atoms with Gasteiger partial charge in [0.25, 0.3) is 0 Å². The second-order valence-corrected chi connectivity index (χ2v) is 10.1. The highest BCUT2D eigenvalue weighted by Crippen LogP contribution is 2.30. The summed E-state index contributed by atoms with van der Waals surface area (Å²) in [6.07, 6.45) is 2.50. The standard InChI is InChI=1S/C19H20OS4.C8H8O2S.2C2H6/c1-2-13-9-16(7-8-21)18(17(10-13)12-22)20-11-14-3-5-15(6-4-14)19(23)24;1-5(9)6-2-3-8(11)7(10)4-6;2*1-2/h2-6,8-10,19,22-24H,1,7,11-12H2;2-4,10-11H,1H3;2*1-2H3. The Morgan fingerprint density at radius 3 is 2.08 bits per heavy atom. The molecule has 0 radical (unpaired) electrons. The Morgan fingerprint density at radius 1 is 1.03 bits per heavy atom. The number of hydrogen-bond acceptors (Lipinski definition) is 8. The van der Waals surface area contributed by atoms with Crippen LogP contribution in [-0.4, -0.2) is 16.3 Å². The van der Waals surface area contributed by atoms with E-state index in [0.29, 0.717) is 29.2 Å². The monoisotopic (exact) mass is 620 g/mol. The van der Waals surface area contributed by atoms with Crippen molar-refractivity contribution in [3.05, 3.63) is 94.6 Å². The first-order valence-corrected chi connectivity index (χ1v) is 15.2. The molecule has 1 N–H and O–H groups in total. The zero-order valence-corrected chi connectivity index (χ0v) is 27.6. The third-order valence-electron chi connectivity index (χ3n) is 5.02. The lowest BCUT2D eigenvalue weighted by molar-refractivity contribution is 0.101. The number of Topliss-reactive ketones (excluding diaryl/α,β-unsaturated/α-hetero) is 1. The lowest BCUT2D eigenvalue weighted by atomic mass is 10.0. The van der Waals surface area contributed by atoms with Gasteiger partial charge in [0, 0.05) is 28.2 Å². The van der Waals surface area contributed by atoms with E-state index in [0.717, 1.165) is 33.6 Å². The van der Waals surface area contributed by atoms with Crippen molar-refractivity contribution >= 4 is 80.0 Å². The van der Waals surface area contributed by atoms with Gasteiger partial charge in [-0.05, 0) is 58.8 Å². The van der Waals surface area contributed by atoms with Gasteiger partial charge in [-0.3, -0.25) is 4.79 Å². The summed E-state index contributed by atoms with van der Waals surface area (Å²) in [7, 11) is 0. The lowest BCUT2D eigenvalue weighted by Crippen LogP contribution is -2.03. The molecule has 8 heteroatoms. The normalized spacial score (nSPS) is 9.59. The molecule has 0 amide bonds. The third-order valence-corrected chi connectivity index (χ3v) is 6.50. The van der Waals surface area contributed by atoms with Crippen molar-refractivity contribution in [1.82, 2.24) is 0 Å². The van der Waals surface area contributed by atoms with Crippen LogP contribution >= 0.6 is 62.7 Å². The van der Waals surface area contributed by atoms with Gasteiger partial charge in [0.05, 0.1) is 4.58 Å². The first-order chi connectivity index (χ1) is 18.7. The van der Waals surface area contributed by atoms with E-state index in [1.165, 1.54) is 13.0 Å². The molecule has 0 atom stereocenters. The van der Waals surface area contributed by atoms with Gasteiger partial charge in [0.15, 0.2) is 5.78 Å². The fourth-order valence-electron chi connectivity index (χ4n) is 3.13. The van der Waals surface area contributed by atoms with Crippen LogP contribution < -0.4 is 4.74 Å². The molecule has 0 unspecified atom stereocenters. The number of phenols is 1. The van der Waals surface area contributed by atoms with Crippen molar-refractivity contribution in [2.75, 3.05) is 0 Å². The van der Waals surface area contributed by atoms with E-state index >= 15 is 0 Å². The van der Waals surface area contributed by atoms with Crippen LogP contribution in [0.4, 0.5) is 0 Å². The Bertz CT molecular complexity index is 1180. The van der Waals surface area contributed by atoms with Crippen molar-refractivity contribution < 1.29 is 14.6 Å². The van der Waals surface area contributed by atoms with Crippen molar-refractivity contribution in [1.29, 1.82) is 0 Å². The summed E-state index contributed by atoms with van der Waals surface area (Å²) in [4.78, 5) is 11.3. The number of phenolic OH excluding ortho intramolecular Hbond substituents is 1. The number of thiocarbonyl (C=S) groups is 1. The van der Waals surface area contributed by atoms with Crippen molar-refractivity contribution in [2.24, 2.45) is 0 Å². The molecule has 3 nitrogen and oxygen atoms in total. The molecule has 0 fully saturated rings. The van der Waals surface area contributed by atoms with Crippen LogP contribution in [0.2, 0.25) is 0 Å². The molecule has 3 aromatic rings. The largest absolute Gasteiger partial charge is 0.507 e. The molecule has 39 heavy (non-hydrogen) atoms. The predicted octanol–water partition coefficient (Wildman–Crippen LogP) is 9.67. The highest BCUT2D eigenvalue weighted by Gasteiger charge is 2.11. The SMILES string of the molecule is C=Cc1cc(CS)c(OCc2ccc(C(S)S)cc2)c(CC=S)c1.CC.CC.CC(=O)c1ccc(S)c(O)c1. The number of carbonyl (C=O) groups excluding carboxylic acids is 1. The van der Waals surface area contributed by atoms with E-state index in [9.17, 15) is 4.79 Å². The maximum Gasteiger partial charge on any atom is 0.159 e. The van der Waals surface area contributed by atoms with Gasteiger partial charge in [-0.1, -0.05) is 82.9 Å². The van der Waals surface area contributed by atoms with E-state index in [4.69, 9.17) is 22.1 Å². The number of aromatic hydroxyl groups is 1. The Hall–Kier alpha value is -1.84. The molecule has 3 aromatic carbocycles. The summed E-state index contributed by atoms with van der Waals surface area (Å²) in [5.41, 5.74) is 5.82. The summed E-state index contributed by atoms with van der Waals surface area (Å²) in [6.45, 7) is 13.8. The van der Waals surface area contributed by atoms with E-state index in [1.54, 1.807) is 17.5 Å². The number of ether oxygens (including phenoxy) is 1. The Kier molecular flexibility index (Phi) is 20.0. The Labute approximate surface area is 262 Å². The summed E-state index contributed by atoms with van der Waals surface area (Å²) in [5, 5.41) is 10.8. The maximum atomic E-state index is 10.8. The van der Waals surface area contributed by atoms with Crippen LogP contribution in [0, 0.1) is 0 Å². The number of thiol groups is 4. The molecule has 0 saturated carbocycles. The van der Waals surface area contributed by atoms with Gasteiger partial charge >= 0.3 is 0 Å². The molecule has 0 heterocycles. The fourth-order valence-corrected chi connectivity index (χ4v) is 4.03. The lowest BCUT2D eigenvalue weighted by Gasteiger charge is -2.16. The topological polar surface area (TPSA) is 46.5 Å². The molecule has 0 aromatic heterocycles. The van der Waals surface area contributed by atoms with Crippen molar-refractivity contribution in [3.8, 4) is 11.5 Å². The summed E-state index contributed by atoms with van der Waals surface area (Å²) < 4.78 is 6.04. The number of rotatable bonds is 9. The summed E-state index contributed by atoms with van der Waals surface area (Å²) in [5.74, 6) is 1.44. The number of benzene rings is 3. The minimum Gasteiger partial charge on any atom is -0.507 e. The van der Waals surface area contributed by atoms with Crippen LogP contribution in [0.5, 0.6) is 11.5 Å². The van der Waals surface area contributed by atoms with Gasteiger partial charge in [-0.25, -0.2) is 0 Å². The molecule has 0 aliphatic heterocycles. The van der Waals surface area contributed by atoms with E-state index in [-0.39, 0.29) is 16.1 Å². The van der Waals surface area contributed by atoms with Crippen molar-refractivity contribution in [2.45, 2.75) is 62.9 Å². The van der Waals surface area contributed by atoms with E-state index in [1.807, 2.05) is 58.0 Å². The summed E-state index contributed by atoms with van der Waals surface area (Å²) in [6, 6.07) is 16.8. The van der Waals surface area contributed by atoms with Gasteiger partial charge in [-0.2, -0.15) is 37.9 Å². The second-order valence-electron chi connectivity index (χ2n) is 7.56. The smallest absolute Gasteiger partial charge is 0.159 e. The zero-order chi connectivity index (χ0) is 30.0. The zero-order valence-electron chi connectivity index (χ0n) is 23.2. The van der Waals surface area contributed by atoms with Crippen LogP contribution in [-0.2, 0) is 18.8 Å². The third kappa shape index (κ3) is 12.9. The Morgan fingerprint density at radius 2 is 1.62 bits per heavy atom. The first kappa shape index (κ1) is 37.2. The molecule has 0 aliphatic rings. The van der Waals surface area contributed by atoms with Crippen LogP contribution in [0.15, 0.2) is 66.1 Å². The molecule has 212 valence electrons. The quantitative estimate of drug-likeness (QED) is 0.0715. The maximum absolute atomic E-state index is 10.8. The Balaban J connectivity index is 0.000000803. The van der Waals surface area contributed by atoms with Gasteiger partial charge < -0.3 is 9.84 Å². The van der Waals surface area contributed by atoms with Gasteiger partial charge in [-0.15, -0.1) is 12.6 Å². The summed E-state index contributed by atoms with van der Waals surface area (Å²) >= 11 is 22.0. The molecular weight excluding hydrogens is 581 g/mol. The highest BCUT2D eigenvalue weighted by molar-refractivity contribution is 7.98. The molecule has 0 saturated heterocycles. The minimum atomic E-state index is -0.0728. The number of ketones is 1. The first-order valence-electron chi connectivity index (χ1n) is 12.6. The molecule has 0 spiro atoms. The average Bonchev–Trinajstić information content (AvgIpc) is 2.96. The second kappa shape index (κ2) is 21.0. The van der Waals surface area contributed by atoms with Crippen LogP contribution in [0.1, 0.15) is 77.4 Å². The minimum absolute atomic E-state index is 0.0426. The highest BCUT2D eigenvalue weighted by atomic mass is 32.2. The molecular formula is C31H40O3S5.